The van der Waals surface area contributed by atoms with Crippen molar-refractivity contribution >= 4 is 51.4 Å². The van der Waals surface area contributed by atoms with Gasteiger partial charge < -0.3 is 0 Å². The molecule has 4 nitrogen and oxygen atoms in total. The van der Waals surface area contributed by atoms with Gasteiger partial charge in [0.1, 0.15) is 4.32 Å². The zero-order valence-electron chi connectivity index (χ0n) is 11.7. The zero-order valence-corrected chi connectivity index (χ0v) is 14.1. The van der Waals surface area contributed by atoms with Crippen LogP contribution in [0.15, 0.2) is 41.6 Å². The number of aromatic nitrogens is 2. The molecule has 1 aliphatic heterocycles. The predicted octanol–water partition coefficient (Wildman–Crippen LogP) is 3.70. The van der Waals surface area contributed by atoms with Crippen LogP contribution < -0.4 is 0 Å². The van der Waals surface area contributed by atoms with Crippen LogP contribution in [0.25, 0.3) is 5.57 Å². The molecule has 0 bridgehead atoms. The fourth-order valence-electron chi connectivity index (χ4n) is 2.26. The fraction of sp³-hybridized carbons (Fsp3) is 0.133. The number of carbonyl (C=O) groups excluding carboxylic acids is 1. The third-order valence-electron chi connectivity index (χ3n) is 3.31. The molecule has 0 saturated carbocycles. The van der Waals surface area contributed by atoms with E-state index in [0.29, 0.717) is 20.8 Å². The zero-order chi connectivity index (χ0) is 15.7. The smallest absolute Gasteiger partial charge is 0.266 e. The van der Waals surface area contributed by atoms with Crippen LogP contribution in [-0.2, 0) is 4.79 Å². The van der Waals surface area contributed by atoms with Gasteiger partial charge in [-0.15, -0.1) is 0 Å². The first-order chi connectivity index (χ1) is 10.6. The van der Waals surface area contributed by atoms with E-state index in [1.54, 1.807) is 29.4 Å². The lowest BCUT2D eigenvalue weighted by atomic mass is 10.00. The first-order valence-electron chi connectivity index (χ1n) is 6.65. The number of nitrogens with one attached hydrogen (secondary N) is 1. The summed E-state index contributed by atoms with van der Waals surface area (Å²) in [6.07, 6.45) is 3.46. The molecule has 1 N–H and O–H groups in total. The number of amides is 1. The molecule has 22 heavy (non-hydrogen) atoms. The van der Waals surface area contributed by atoms with E-state index < -0.39 is 0 Å². The SMILES string of the molecule is CCN1C(=O)/C(=C(\c2ccc(Cl)cc2)c2cn[nH]c2)SC1=S. The molecule has 0 radical (unpaired) electrons. The number of thiocarbonyl (C=S) groups is 1. The van der Waals surface area contributed by atoms with Gasteiger partial charge in [-0.25, -0.2) is 0 Å². The van der Waals surface area contributed by atoms with Crippen molar-refractivity contribution in [1.82, 2.24) is 15.1 Å². The van der Waals surface area contributed by atoms with Gasteiger partial charge in [-0.3, -0.25) is 14.8 Å². The molecular weight excluding hydrogens is 338 g/mol. The van der Waals surface area contributed by atoms with Crippen LogP contribution in [0.1, 0.15) is 18.1 Å². The Balaban J connectivity index is 2.18. The van der Waals surface area contributed by atoms with Crippen molar-refractivity contribution < 1.29 is 4.79 Å². The molecule has 112 valence electrons. The van der Waals surface area contributed by atoms with Crippen molar-refractivity contribution in [3.05, 3.63) is 57.7 Å². The second-order valence-electron chi connectivity index (χ2n) is 4.62. The Morgan fingerprint density at radius 2 is 2.09 bits per heavy atom. The van der Waals surface area contributed by atoms with Crippen LogP contribution in [0.3, 0.4) is 0 Å². The summed E-state index contributed by atoms with van der Waals surface area (Å²) in [5.74, 6) is -0.0661. The summed E-state index contributed by atoms with van der Waals surface area (Å²) in [4.78, 5) is 14.9. The van der Waals surface area contributed by atoms with Crippen molar-refractivity contribution in [2.45, 2.75) is 6.92 Å². The minimum absolute atomic E-state index is 0.0661. The summed E-state index contributed by atoms with van der Waals surface area (Å²) in [6.45, 7) is 2.47. The molecule has 1 saturated heterocycles. The van der Waals surface area contributed by atoms with Crippen molar-refractivity contribution in [1.29, 1.82) is 0 Å². The molecule has 2 heterocycles. The van der Waals surface area contributed by atoms with Gasteiger partial charge in [0, 0.05) is 28.9 Å². The molecule has 2 aromatic rings. The Hall–Kier alpha value is -1.63. The maximum Gasteiger partial charge on any atom is 0.266 e. The topological polar surface area (TPSA) is 49.0 Å². The fourth-order valence-corrected chi connectivity index (χ4v) is 3.88. The predicted molar refractivity (Wildman–Crippen MR) is 93.6 cm³/mol. The minimum atomic E-state index is -0.0661. The van der Waals surface area contributed by atoms with E-state index in [-0.39, 0.29) is 5.91 Å². The molecule has 7 heteroatoms. The highest BCUT2D eigenvalue weighted by Crippen LogP contribution is 2.39. The van der Waals surface area contributed by atoms with Gasteiger partial charge in [0.15, 0.2) is 0 Å². The summed E-state index contributed by atoms with van der Waals surface area (Å²) < 4.78 is 0.581. The third kappa shape index (κ3) is 2.69. The maximum atomic E-state index is 12.6. The van der Waals surface area contributed by atoms with Crippen LogP contribution in [0.4, 0.5) is 0 Å². The van der Waals surface area contributed by atoms with E-state index in [1.807, 2.05) is 19.1 Å². The Kier molecular flexibility index (Phi) is 4.33. The number of aromatic amines is 1. The quantitative estimate of drug-likeness (QED) is 0.678. The number of benzene rings is 1. The summed E-state index contributed by atoms with van der Waals surface area (Å²) in [5, 5.41) is 7.43. The number of halogens is 1. The van der Waals surface area contributed by atoms with Gasteiger partial charge in [0.2, 0.25) is 0 Å². The molecule has 1 aliphatic rings. The number of hydrogen-bond acceptors (Lipinski definition) is 4. The lowest BCUT2D eigenvalue weighted by molar-refractivity contribution is -0.122. The number of nitrogens with zero attached hydrogens (tertiary/aromatic N) is 2. The first-order valence-corrected chi connectivity index (χ1v) is 8.25. The highest BCUT2D eigenvalue weighted by Gasteiger charge is 2.34. The number of H-pyrrole nitrogens is 1. The van der Waals surface area contributed by atoms with E-state index >= 15 is 0 Å². The lowest BCUT2D eigenvalue weighted by Crippen LogP contribution is -2.27. The molecule has 1 fully saturated rings. The summed E-state index contributed by atoms with van der Waals surface area (Å²) in [5.41, 5.74) is 2.57. The molecule has 1 aromatic heterocycles. The van der Waals surface area contributed by atoms with Crippen LogP contribution in [0, 0.1) is 0 Å². The number of likely N-dealkylation sites (N-methyl/N-ethyl adjacent to an activating group) is 1. The monoisotopic (exact) mass is 349 g/mol. The van der Waals surface area contributed by atoms with Crippen molar-refractivity contribution in [2.24, 2.45) is 0 Å². The second-order valence-corrected chi connectivity index (χ2v) is 6.70. The van der Waals surface area contributed by atoms with E-state index in [4.69, 9.17) is 23.8 Å². The van der Waals surface area contributed by atoms with Gasteiger partial charge in [-0.1, -0.05) is 47.7 Å². The summed E-state index contributed by atoms with van der Waals surface area (Å²) >= 11 is 12.6. The van der Waals surface area contributed by atoms with Gasteiger partial charge in [0.05, 0.1) is 11.1 Å². The Morgan fingerprint density at radius 1 is 1.36 bits per heavy atom. The number of rotatable bonds is 3. The minimum Gasteiger partial charge on any atom is -0.293 e. The molecule has 0 aliphatic carbocycles. The van der Waals surface area contributed by atoms with Gasteiger partial charge >= 0.3 is 0 Å². The maximum absolute atomic E-state index is 12.6. The highest BCUT2D eigenvalue weighted by molar-refractivity contribution is 8.26. The van der Waals surface area contributed by atoms with Crippen LogP contribution in [0.2, 0.25) is 5.02 Å². The van der Waals surface area contributed by atoms with Crippen molar-refractivity contribution in [2.75, 3.05) is 6.54 Å². The molecule has 3 rings (SSSR count). The molecule has 0 spiro atoms. The van der Waals surface area contributed by atoms with Gasteiger partial charge in [-0.2, -0.15) is 5.10 Å². The number of hydrogen-bond donors (Lipinski definition) is 1. The number of thioether (sulfide) groups is 1. The van der Waals surface area contributed by atoms with Gasteiger partial charge in [0.25, 0.3) is 5.91 Å². The largest absolute Gasteiger partial charge is 0.293 e. The molecule has 0 unspecified atom stereocenters. The van der Waals surface area contributed by atoms with E-state index in [1.165, 1.54) is 11.8 Å². The van der Waals surface area contributed by atoms with Crippen molar-refractivity contribution in [3.63, 3.8) is 0 Å². The standard InChI is InChI=1S/C15H12ClN3OS2/c1-2-19-14(20)13(22-15(19)21)12(10-7-17-18-8-10)9-3-5-11(16)6-4-9/h3-8H,2H2,1H3,(H,17,18)/b13-12-. The highest BCUT2D eigenvalue weighted by atomic mass is 35.5. The second kappa shape index (κ2) is 6.24. The van der Waals surface area contributed by atoms with Crippen LogP contribution in [0.5, 0.6) is 0 Å². The van der Waals surface area contributed by atoms with Crippen molar-refractivity contribution in [3.8, 4) is 0 Å². The average Bonchev–Trinajstić information content (AvgIpc) is 3.11. The average molecular weight is 350 g/mol. The lowest BCUT2D eigenvalue weighted by Gasteiger charge is -2.11. The molecular formula is C15H12ClN3OS2. The Labute approximate surface area is 142 Å². The third-order valence-corrected chi connectivity index (χ3v) is 5.01. The van der Waals surface area contributed by atoms with Crippen LogP contribution in [-0.4, -0.2) is 31.9 Å². The van der Waals surface area contributed by atoms with Gasteiger partial charge in [-0.05, 0) is 24.6 Å². The Bertz CT molecular complexity index is 754. The van der Waals surface area contributed by atoms with E-state index in [0.717, 1.165) is 16.7 Å². The molecule has 0 atom stereocenters. The first kappa shape index (κ1) is 15.3. The van der Waals surface area contributed by atoms with E-state index in [9.17, 15) is 4.79 Å². The number of carbonyl (C=O) groups is 1. The van der Waals surface area contributed by atoms with E-state index in [2.05, 4.69) is 10.2 Å². The molecule has 1 aromatic carbocycles. The molecule has 1 amide bonds. The van der Waals surface area contributed by atoms with Crippen LogP contribution >= 0.6 is 35.6 Å². The summed E-state index contributed by atoms with van der Waals surface area (Å²) in [7, 11) is 0. The summed E-state index contributed by atoms with van der Waals surface area (Å²) in [6, 6.07) is 7.39. The Morgan fingerprint density at radius 3 is 2.64 bits per heavy atom. The normalized spacial score (nSPS) is 17.3.